The minimum atomic E-state index is -0.819. The summed E-state index contributed by atoms with van der Waals surface area (Å²) in [6.45, 7) is 6.45. The fourth-order valence-corrected chi connectivity index (χ4v) is 7.79. The largest absolute Gasteiger partial charge is 0.462 e. The van der Waals surface area contributed by atoms with Crippen LogP contribution in [0.3, 0.4) is 0 Å². The molecule has 0 saturated heterocycles. The first kappa shape index (κ1) is 65.3. The normalized spacial score (nSPS) is 12.8. The first-order valence-electron chi connectivity index (χ1n) is 28.7. The summed E-state index contributed by atoms with van der Waals surface area (Å²) in [6, 6.07) is 0. The van der Waals surface area contributed by atoms with E-state index in [1.807, 2.05) is 6.08 Å². The number of hydrogen-bond acceptors (Lipinski definition) is 6. The lowest BCUT2D eigenvalue weighted by molar-refractivity contribution is -0.166. The maximum absolute atomic E-state index is 12.8. The molecule has 0 rings (SSSR count). The lowest BCUT2D eigenvalue weighted by atomic mass is 10.0. The minimum Gasteiger partial charge on any atom is -0.462 e. The third kappa shape index (κ3) is 55.1. The third-order valence-corrected chi connectivity index (χ3v) is 12.1. The standard InChI is InChI=1S/C63H106O6/c1-4-7-10-13-16-19-22-25-27-29-31-33-35-38-41-44-47-50-53-56-62(65)68-59-60(58-67-61(64)55-52-49-46-43-40-37-24-21-18-15-12-9-6-3)69-63(66)57-54-51-48-45-42-39-36-34-32-30-28-26-23-20-17-14-11-8-5-2/h8,11,16-17,19-20,25-28,32,34,39,42,48,51,60H,4-7,9-10,12-15,18,21-24,29-31,33,35-38,40-41,43-47,49-50,52-59H2,1-3H3/b11-8-,19-16-,20-17-,27-25-,28-26-,34-32-,42-39-,51-48-/t60-/m0/s1. The molecule has 1 atom stereocenters. The first-order valence-corrected chi connectivity index (χ1v) is 28.7. The van der Waals surface area contributed by atoms with Crippen LogP contribution in [0.25, 0.3) is 0 Å². The van der Waals surface area contributed by atoms with Gasteiger partial charge in [-0.3, -0.25) is 14.4 Å². The number of allylic oxidation sites excluding steroid dienone is 16. The molecule has 0 unspecified atom stereocenters. The van der Waals surface area contributed by atoms with Crippen molar-refractivity contribution in [3.8, 4) is 0 Å². The summed E-state index contributed by atoms with van der Waals surface area (Å²) in [5.74, 6) is -0.992. The van der Waals surface area contributed by atoms with Gasteiger partial charge in [0.05, 0.1) is 0 Å². The van der Waals surface area contributed by atoms with Gasteiger partial charge in [0.25, 0.3) is 0 Å². The highest BCUT2D eigenvalue weighted by atomic mass is 16.6. The van der Waals surface area contributed by atoms with Gasteiger partial charge in [-0.05, 0) is 89.9 Å². The number of rotatable bonds is 51. The van der Waals surface area contributed by atoms with Crippen LogP contribution in [-0.4, -0.2) is 37.2 Å². The van der Waals surface area contributed by atoms with Crippen molar-refractivity contribution in [1.82, 2.24) is 0 Å². The van der Waals surface area contributed by atoms with Gasteiger partial charge in [-0.15, -0.1) is 0 Å². The molecule has 0 aliphatic carbocycles. The fraction of sp³-hybridized carbons (Fsp3) is 0.698. The van der Waals surface area contributed by atoms with Gasteiger partial charge in [-0.25, -0.2) is 0 Å². The molecule has 0 aliphatic rings. The molecule has 69 heavy (non-hydrogen) atoms. The summed E-state index contributed by atoms with van der Waals surface area (Å²) in [7, 11) is 0. The smallest absolute Gasteiger partial charge is 0.306 e. The Hall–Kier alpha value is -3.67. The van der Waals surface area contributed by atoms with Crippen LogP contribution < -0.4 is 0 Å². The van der Waals surface area contributed by atoms with Crippen molar-refractivity contribution < 1.29 is 28.6 Å². The van der Waals surface area contributed by atoms with E-state index in [-0.39, 0.29) is 31.6 Å². The number of carbonyl (C=O) groups is 3. The van der Waals surface area contributed by atoms with E-state index in [0.29, 0.717) is 19.3 Å². The summed E-state index contributed by atoms with van der Waals surface area (Å²) in [6.07, 6.45) is 75.5. The maximum Gasteiger partial charge on any atom is 0.306 e. The molecule has 0 fully saturated rings. The van der Waals surface area contributed by atoms with Crippen LogP contribution in [0.2, 0.25) is 0 Å². The van der Waals surface area contributed by atoms with E-state index in [9.17, 15) is 14.4 Å². The van der Waals surface area contributed by atoms with E-state index >= 15 is 0 Å². The third-order valence-electron chi connectivity index (χ3n) is 12.1. The highest BCUT2D eigenvalue weighted by molar-refractivity contribution is 5.71. The van der Waals surface area contributed by atoms with Gasteiger partial charge in [-0.1, -0.05) is 253 Å². The number of hydrogen-bond donors (Lipinski definition) is 0. The average molecular weight is 960 g/mol. The number of esters is 3. The lowest BCUT2D eigenvalue weighted by Gasteiger charge is -2.18. The van der Waals surface area contributed by atoms with Gasteiger partial charge in [0.15, 0.2) is 6.10 Å². The summed E-state index contributed by atoms with van der Waals surface area (Å²) in [5.41, 5.74) is 0. The van der Waals surface area contributed by atoms with E-state index in [1.54, 1.807) is 0 Å². The molecular formula is C63H106O6. The first-order chi connectivity index (χ1) is 34.0. The van der Waals surface area contributed by atoms with Crippen LogP contribution >= 0.6 is 0 Å². The Labute approximate surface area is 426 Å². The molecule has 0 radical (unpaired) electrons. The van der Waals surface area contributed by atoms with Crippen LogP contribution in [0.5, 0.6) is 0 Å². The monoisotopic (exact) mass is 959 g/mol. The molecule has 6 heteroatoms. The molecular weight excluding hydrogens is 853 g/mol. The Balaban J connectivity index is 4.48. The van der Waals surface area contributed by atoms with Gasteiger partial charge in [0.2, 0.25) is 0 Å². The van der Waals surface area contributed by atoms with Crippen LogP contribution in [-0.2, 0) is 28.6 Å². The van der Waals surface area contributed by atoms with E-state index in [1.165, 1.54) is 135 Å². The highest BCUT2D eigenvalue weighted by Gasteiger charge is 2.19. The summed E-state index contributed by atoms with van der Waals surface area (Å²) in [4.78, 5) is 38.1. The molecule has 0 aliphatic heterocycles. The molecule has 0 heterocycles. The fourth-order valence-electron chi connectivity index (χ4n) is 7.79. The molecule has 0 spiro atoms. The molecule has 0 amide bonds. The van der Waals surface area contributed by atoms with E-state index in [0.717, 1.165) is 83.5 Å². The van der Waals surface area contributed by atoms with Crippen molar-refractivity contribution in [2.45, 2.75) is 271 Å². The van der Waals surface area contributed by atoms with Crippen molar-refractivity contribution in [2.24, 2.45) is 0 Å². The average Bonchev–Trinajstić information content (AvgIpc) is 3.35. The predicted octanol–water partition coefficient (Wildman–Crippen LogP) is 19.3. The number of ether oxygens (including phenoxy) is 3. The zero-order valence-corrected chi connectivity index (χ0v) is 45.0. The molecule has 394 valence electrons. The van der Waals surface area contributed by atoms with E-state index in [2.05, 4.69) is 112 Å². The molecule has 0 aromatic carbocycles. The van der Waals surface area contributed by atoms with Crippen molar-refractivity contribution in [2.75, 3.05) is 13.2 Å². The topological polar surface area (TPSA) is 78.9 Å². The second-order valence-electron chi connectivity index (χ2n) is 18.8. The summed E-state index contributed by atoms with van der Waals surface area (Å²) in [5, 5.41) is 0. The van der Waals surface area contributed by atoms with Crippen molar-refractivity contribution in [3.05, 3.63) is 97.2 Å². The summed E-state index contributed by atoms with van der Waals surface area (Å²) >= 11 is 0. The Morgan fingerprint density at radius 1 is 0.304 bits per heavy atom. The lowest BCUT2D eigenvalue weighted by Crippen LogP contribution is -2.30. The van der Waals surface area contributed by atoms with Crippen LogP contribution in [0.15, 0.2) is 97.2 Å². The predicted molar refractivity (Wildman–Crippen MR) is 297 cm³/mol. The van der Waals surface area contributed by atoms with Gasteiger partial charge >= 0.3 is 17.9 Å². The molecule has 0 bridgehead atoms. The highest BCUT2D eigenvalue weighted by Crippen LogP contribution is 2.15. The van der Waals surface area contributed by atoms with Gasteiger partial charge in [0.1, 0.15) is 13.2 Å². The van der Waals surface area contributed by atoms with Crippen LogP contribution in [0, 0.1) is 0 Å². The Morgan fingerprint density at radius 3 is 0.971 bits per heavy atom. The zero-order chi connectivity index (χ0) is 50.0. The van der Waals surface area contributed by atoms with Crippen LogP contribution in [0.4, 0.5) is 0 Å². The van der Waals surface area contributed by atoms with Crippen molar-refractivity contribution >= 4 is 17.9 Å². The Morgan fingerprint density at radius 2 is 0.594 bits per heavy atom. The zero-order valence-electron chi connectivity index (χ0n) is 45.0. The second kappa shape index (κ2) is 56.9. The minimum absolute atomic E-state index is 0.107. The van der Waals surface area contributed by atoms with Gasteiger partial charge < -0.3 is 14.2 Å². The Bertz CT molecular complexity index is 1380. The number of carbonyl (C=O) groups excluding carboxylic acids is 3. The SMILES string of the molecule is CC/C=C\C/C=C\C/C=C\C/C=C\C/C=C\C/C=C\CCC(=O)O[C@H](COC(=O)CCCCCCCCCCC/C=C\C/C=C\CCCCC)COC(=O)CCCCCCCCCCCCCCC. The van der Waals surface area contributed by atoms with Crippen LogP contribution in [0.1, 0.15) is 265 Å². The van der Waals surface area contributed by atoms with Crippen molar-refractivity contribution in [1.29, 1.82) is 0 Å². The van der Waals surface area contributed by atoms with Gasteiger partial charge in [0, 0.05) is 19.3 Å². The second-order valence-corrected chi connectivity index (χ2v) is 18.8. The summed E-state index contributed by atoms with van der Waals surface area (Å²) < 4.78 is 16.8. The quantitative estimate of drug-likeness (QED) is 0.0262. The molecule has 0 aromatic rings. The Kier molecular flexibility index (Phi) is 53.9. The number of unbranched alkanes of at least 4 members (excludes halogenated alkanes) is 24. The van der Waals surface area contributed by atoms with Gasteiger partial charge in [-0.2, -0.15) is 0 Å². The molecule has 0 aromatic heterocycles. The molecule has 0 saturated carbocycles. The van der Waals surface area contributed by atoms with E-state index in [4.69, 9.17) is 14.2 Å². The molecule has 0 N–H and O–H groups in total. The maximum atomic E-state index is 12.8. The molecule has 6 nitrogen and oxygen atoms in total. The van der Waals surface area contributed by atoms with E-state index < -0.39 is 12.1 Å². The van der Waals surface area contributed by atoms with Crippen molar-refractivity contribution in [3.63, 3.8) is 0 Å².